The number of rotatable bonds is 3. The van der Waals surface area contributed by atoms with Crippen molar-refractivity contribution in [1.29, 1.82) is 0 Å². The highest BCUT2D eigenvalue weighted by molar-refractivity contribution is 7.99. The minimum absolute atomic E-state index is 0.341. The lowest BCUT2D eigenvalue weighted by molar-refractivity contribution is 0.480. The van der Waals surface area contributed by atoms with Crippen LogP contribution in [0.3, 0.4) is 0 Å². The summed E-state index contributed by atoms with van der Waals surface area (Å²) in [5, 5.41) is 1.09. The lowest BCUT2D eigenvalue weighted by atomic mass is 10.0. The van der Waals surface area contributed by atoms with Crippen molar-refractivity contribution >= 4 is 11.8 Å². The van der Waals surface area contributed by atoms with Gasteiger partial charge >= 0.3 is 0 Å². The Morgan fingerprint density at radius 3 is 2.53 bits per heavy atom. The van der Waals surface area contributed by atoms with Crippen molar-refractivity contribution in [1.82, 2.24) is 9.97 Å². The van der Waals surface area contributed by atoms with Crippen LogP contribution in [0.1, 0.15) is 46.4 Å². The molecule has 1 aromatic rings. The molecule has 1 rings (SSSR count). The van der Waals surface area contributed by atoms with Gasteiger partial charge in [-0.2, -0.15) is 0 Å². The first-order valence-corrected chi connectivity index (χ1v) is 6.33. The monoisotopic (exact) mass is 224 g/mol. The first-order valence-electron chi connectivity index (χ1n) is 5.34. The van der Waals surface area contributed by atoms with Crippen LogP contribution in [0.4, 0.5) is 0 Å². The molecule has 84 valence electrons. The second-order valence-electron chi connectivity index (χ2n) is 5.26. The predicted octanol–water partition coefficient (Wildman–Crippen LogP) is 3.74. The summed E-state index contributed by atoms with van der Waals surface area (Å²) in [7, 11) is 0. The lowest BCUT2D eigenvalue weighted by Crippen LogP contribution is -2.08. The zero-order chi connectivity index (χ0) is 11.5. The van der Waals surface area contributed by atoms with Gasteiger partial charge in [0.2, 0.25) is 0 Å². The van der Waals surface area contributed by atoms with Crippen LogP contribution in [0.5, 0.6) is 0 Å². The van der Waals surface area contributed by atoms with Crippen molar-refractivity contribution in [3.05, 3.63) is 18.1 Å². The van der Waals surface area contributed by atoms with Crippen molar-refractivity contribution in [3.63, 3.8) is 0 Å². The van der Waals surface area contributed by atoms with Crippen LogP contribution < -0.4 is 0 Å². The average Bonchev–Trinajstić information content (AvgIpc) is 2.14. The maximum absolute atomic E-state index is 4.53. The molecule has 1 aromatic heterocycles. The molecule has 2 nitrogen and oxygen atoms in total. The highest BCUT2D eigenvalue weighted by Crippen LogP contribution is 2.26. The lowest BCUT2D eigenvalue weighted by Gasteiger charge is -2.16. The van der Waals surface area contributed by atoms with Gasteiger partial charge in [0.05, 0.1) is 5.03 Å². The van der Waals surface area contributed by atoms with Gasteiger partial charge in [-0.05, 0) is 11.5 Å². The molecule has 0 spiro atoms. The topological polar surface area (TPSA) is 25.8 Å². The molecule has 0 aromatic carbocycles. The molecule has 0 bridgehead atoms. The highest BCUT2D eigenvalue weighted by Gasteiger charge is 2.11. The van der Waals surface area contributed by atoms with E-state index in [4.69, 9.17) is 0 Å². The summed E-state index contributed by atoms with van der Waals surface area (Å²) < 4.78 is 0. The van der Waals surface area contributed by atoms with E-state index in [1.54, 1.807) is 0 Å². The SMILES string of the molecule is CC(C)c1nccc(SCC(C)(C)C)n1. The number of hydrogen-bond acceptors (Lipinski definition) is 3. The second-order valence-corrected chi connectivity index (χ2v) is 6.25. The van der Waals surface area contributed by atoms with E-state index < -0.39 is 0 Å². The van der Waals surface area contributed by atoms with Crippen molar-refractivity contribution in [2.75, 3.05) is 5.75 Å². The Bertz CT molecular complexity index is 316. The molecule has 0 atom stereocenters. The van der Waals surface area contributed by atoms with E-state index in [9.17, 15) is 0 Å². The van der Waals surface area contributed by atoms with Gasteiger partial charge in [-0.1, -0.05) is 34.6 Å². The third kappa shape index (κ3) is 4.65. The summed E-state index contributed by atoms with van der Waals surface area (Å²) in [6, 6.07) is 1.99. The Labute approximate surface area is 96.9 Å². The average molecular weight is 224 g/mol. The molecule has 0 N–H and O–H groups in total. The third-order valence-electron chi connectivity index (χ3n) is 1.82. The van der Waals surface area contributed by atoms with E-state index in [0.717, 1.165) is 16.6 Å². The summed E-state index contributed by atoms with van der Waals surface area (Å²) >= 11 is 1.81. The number of nitrogens with zero attached hydrogens (tertiary/aromatic N) is 2. The van der Waals surface area contributed by atoms with Gasteiger partial charge in [-0.25, -0.2) is 9.97 Å². The summed E-state index contributed by atoms with van der Waals surface area (Å²) in [6.07, 6.45) is 1.85. The number of aromatic nitrogens is 2. The van der Waals surface area contributed by atoms with Crippen LogP contribution in [-0.4, -0.2) is 15.7 Å². The zero-order valence-electron chi connectivity index (χ0n) is 10.2. The zero-order valence-corrected chi connectivity index (χ0v) is 11.1. The van der Waals surface area contributed by atoms with Crippen LogP contribution >= 0.6 is 11.8 Å². The maximum atomic E-state index is 4.53. The third-order valence-corrected chi connectivity index (χ3v) is 3.35. The predicted molar refractivity (Wildman–Crippen MR) is 66.3 cm³/mol. The Morgan fingerprint density at radius 1 is 1.33 bits per heavy atom. The fourth-order valence-corrected chi connectivity index (χ4v) is 1.90. The number of thioether (sulfide) groups is 1. The van der Waals surface area contributed by atoms with Gasteiger partial charge in [0, 0.05) is 17.9 Å². The van der Waals surface area contributed by atoms with Gasteiger partial charge in [-0.3, -0.25) is 0 Å². The van der Waals surface area contributed by atoms with E-state index in [1.165, 1.54) is 0 Å². The highest BCUT2D eigenvalue weighted by atomic mass is 32.2. The van der Waals surface area contributed by atoms with Crippen LogP contribution in [0.15, 0.2) is 17.3 Å². The molecule has 0 amide bonds. The molecule has 0 fully saturated rings. The van der Waals surface area contributed by atoms with Gasteiger partial charge in [-0.15, -0.1) is 11.8 Å². The van der Waals surface area contributed by atoms with Crippen LogP contribution in [0.2, 0.25) is 0 Å². The fourth-order valence-electron chi connectivity index (χ4n) is 1.01. The maximum Gasteiger partial charge on any atom is 0.132 e. The second kappa shape index (κ2) is 4.97. The first kappa shape index (κ1) is 12.5. The summed E-state index contributed by atoms with van der Waals surface area (Å²) in [5.41, 5.74) is 0.341. The van der Waals surface area contributed by atoms with Gasteiger partial charge in [0.15, 0.2) is 0 Å². The summed E-state index contributed by atoms with van der Waals surface area (Å²) in [6.45, 7) is 11.0. The molecule has 15 heavy (non-hydrogen) atoms. The van der Waals surface area contributed by atoms with Crippen molar-refractivity contribution in [2.24, 2.45) is 5.41 Å². The molecule has 3 heteroatoms. The molecule has 0 saturated carbocycles. The van der Waals surface area contributed by atoms with Crippen LogP contribution in [0.25, 0.3) is 0 Å². The van der Waals surface area contributed by atoms with E-state index in [1.807, 2.05) is 24.0 Å². The first-order chi connectivity index (χ1) is 6.88. The molecule has 0 aliphatic carbocycles. The Morgan fingerprint density at radius 2 is 2.00 bits per heavy atom. The molecular weight excluding hydrogens is 204 g/mol. The van der Waals surface area contributed by atoms with Crippen LogP contribution in [0, 0.1) is 5.41 Å². The van der Waals surface area contributed by atoms with Crippen LogP contribution in [-0.2, 0) is 0 Å². The smallest absolute Gasteiger partial charge is 0.132 e. The molecular formula is C12H20N2S. The van der Waals surface area contributed by atoms with Crippen molar-refractivity contribution in [3.8, 4) is 0 Å². The van der Waals surface area contributed by atoms with E-state index >= 15 is 0 Å². The minimum Gasteiger partial charge on any atom is -0.241 e. The van der Waals surface area contributed by atoms with E-state index in [0.29, 0.717) is 11.3 Å². The molecule has 0 saturated heterocycles. The fraction of sp³-hybridized carbons (Fsp3) is 0.667. The normalized spacial score (nSPS) is 12.1. The Hall–Kier alpha value is -0.570. The molecule has 0 aliphatic rings. The minimum atomic E-state index is 0.341. The van der Waals surface area contributed by atoms with E-state index in [-0.39, 0.29) is 0 Å². The molecule has 0 aliphatic heterocycles. The van der Waals surface area contributed by atoms with E-state index in [2.05, 4.69) is 44.6 Å². The summed E-state index contributed by atoms with van der Waals surface area (Å²) in [5.74, 6) is 2.43. The van der Waals surface area contributed by atoms with Gasteiger partial charge in [0.1, 0.15) is 5.82 Å². The van der Waals surface area contributed by atoms with Crippen molar-refractivity contribution < 1.29 is 0 Å². The van der Waals surface area contributed by atoms with Gasteiger partial charge < -0.3 is 0 Å². The molecule has 1 heterocycles. The summed E-state index contributed by atoms with van der Waals surface area (Å²) in [4.78, 5) is 8.79. The number of hydrogen-bond donors (Lipinski definition) is 0. The Balaban J connectivity index is 2.66. The Kier molecular flexibility index (Phi) is 4.14. The molecule has 0 radical (unpaired) electrons. The largest absolute Gasteiger partial charge is 0.241 e. The quantitative estimate of drug-likeness (QED) is 0.578. The van der Waals surface area contributed by atoms with Gasteiger partial charge in [0.25, 0.3) is 0 Å². The standard InChI is InChI=1S/C12H20N2S/c1-9(2)11-13-7-6-10(14-11)15-8-12(3,4)5/h6-7,9H,8H2,1-5H3. The molecule has 0 unspecified atom stereocenters. The van der Waals surface area contributed by atoms with Crippen molar-refractivity contribution in [2.45, 2.75) is 45.6 Å².